The maximum Gasteiger partial charge on any atom is 0.339 e. The zero-order valence-electron chi connectivity index (χ0n) is 10.6. The van der Waals surface area contributed by atoms with Crippen molar-refractivity contribution in [3.63, 3.8) is 0 Å². The molecule has 19 heavy (non-hydrogen) atoms. The van der Waals surface area contributed by atoms with Gasteiger partial charge in [0.05, 0.1) is 0 Å². The molecule has 0 aliphatic heterocycles. The highest BCUT2D eigenvalue weighted by atomic mass is 19.1. The third-order valence-electron chi connectivity index (χ3n) is 2.74. The second kappa shape index (κ2) is 5.10. The minimum absolute atomic E-state index is 0.00602. The van der Waals surface area contributed by atoms with Crippen molar-refractivity contribution in [2.75, 3.05) is 0 Å². The van der Waals surface area contributed by atoms with E-state index in [0.717, 1.165) is 5.56 Å². The molecule has 0 aliphatic carbocycles. The van der Waals surface area contributed by atoms with Crippen LogP contribution in [-0.4, -0.2) is 11.1 Å². The van der Waals surface area contributed by atoms with Gasteiger partial charge in [-0.25, -0.2) is 9.18 Å². The quantitative estimate of drug-likeness (QED) is 0.909. The van der Waals surface area contributed by atoms with Crippen LogP contribution in [0.3, 0.4) is 0 Å². The highest BCUT2D eigenvalue weighted by molar-refractivity contribution is 5.91. The van der Waals surface area contributed by atoms with Crippen molar-refractivity contribution in [1.82, 2.24) is 0 Å². The van der Waals surface area contributed by atoms with Crippen LogP contribution in [0.15, 0.2) is 36.4 Å². The zero-order valence-corrected chi connectivity index (χ0v) is 10.6. The highest BCUT2D eigenvalue weighted by Gasteiger charge is 2.14. The van der Waals surface area contributed by atoms with Gasteiger partial charge < -0.3 is 9.84 Å². The molecule has 0 unspecified atom stereocenters. The average Bonchev–Trinajstić information content (AvgIpc) is 2.35. The van der Waals surface area contributed by atoms with Gasteiger partial charge in [0.1, 0.15) is 11.3 Å². The van der Waals surface area contributed by atoms with Crippen LogP contribution in [0.2, 0.25) is 0 Å². The molecule has 0 radical (unpaired) electrons. The molecule has 2 aromatic rings. The Morgan fingerprint density at radius 3 is 2.58 bits per heavy atom. The number of carbonyl (C=O) groups is 1. The summed E-state index contributed by atoms with van der Waals surface area (Å²) in [6.07, 6.45) is 0. The second-order valence-electron chi connectivity index (χ2n) is 4.29. The van der Waals surface area contributed by atoms with Crippen molar-refractivity contribution in [2.24, 2.45) is 0 Å². The number of aromatic carboxylic acids is 1. The van der Waals surface area contributed by atoms with Crippen LogP contribution in [-0.2, 0) is 0 Å². The van der Waals surface area contributed by atoms with Gasteiger partial charge in [-0.1, -0.05) is 18.2 Å². The summed E-state index contributed by atoms with van der Waals surface area (Å²) in [5.74, 6) is -1.44. The number of hydrogen-bond donors (Lipinski definition) is 1. The van der Waals surface area contributed by atoms with E-state index in [-0.39, 0.29) is 17.1 Å². The summed E-state index contributed by atoms with van der Waals surface area (Å²) in [7, 11) is 0. The van der Waals surface area contributed by atoms with Crippen LogP contribution in [0, 0.1) is 19.7 Å². The summed E-state index contributed by atoms with van der Waals surface area (Å²) in [6.45, 7) is 3.43. The van der Waals surface area contributed by atoms with Crippen LogP contribution < -0.4 is 4.74 Å². The number of hydrogen-bond acceptors (Lipinski definition) is 2. The molecule has 4 heteroatoms. The van der Waals surface area contributed by atoms with Gasteiger partial charge in [-0.15, -0.1) is 0 Å². The van der Waals surface area contributed by atoms with E-state index in [1.165, 1.54) is 12.1 Å². The molecule has 0 fully saturated rings. The van der Waals surface area contributed by atoms with Gasteiger partial charge >= 0.3 is 5.97 Å². The zero-order chi connectivity index (χ0) is 14.0. The topological polar surface area (TPSA) is 46.5 Å². The number of aryl methyl sites for hydroxylation is 2. The SMILES string of the molecule is Cc1ccc(C(=O)O)c(Oc2cccc(C)c2F)c1. The summed E-state index contributed by atoms with van der Waals surface area (Å²) in [5.41, 5.74) is 1.29. The van der Waals surface area contributed by atoms with Gasteiger partial charge in [-0.2, -0.15) is 0 Å². The van der Waals surface area contributed by atoms with E-state index < -0.39 is 11.8 Å². The van der Waals surface area contributed by atoms with Gasteiger partial charge in [0, 0.05) is 0 Å². The predicted molar refractivity (Wildman–Crippen MR) is 69.3 cm³/mol. The molecule has 3 nitrogen and oxygen atoms in total. The molecule has 0 bridgehead atoms. The molecule has 2 aromatic carbocycles. The van der Waals surface area contributed by atoms with Crippen molar-refractivity contribution >= 4 is 5.97 Å². The van der Waals surface area contributed by atoms with Gasteiger partial charge in [0.15, 0.2) is 11.6 Å². The van der Waals surface area contributed by atoms with E-state index >= 15 is 0 Å². The molecular formula is C15H13FO3. The maximum atomic E-state index is 13.8. The third-order valence-corrected chi connectivity index (χ3v) is 2.74. The smallest absolute Gasteiger partial charge is 0.339 e. The number of carboxylic acids is 1. The molecule has 2 rings (SSSR count). The average molecular weight is 260 g/mol. The maximum absolute atomic E-state index is 13.8. The molecule has 0 aromatic heterocycles. The number of benzene rings is 2. The minimum Gasteiger partial charge on any atom is -0.478 e. The van der Waals surface area contributed by atoms with Crippen LogP contribution in [0.4, 0.5) is 4.39 Å². The molecule has 98 valence electrons. The van der Waals surface area contributed by atoms with E-state index in [9.17, 15) is 9.18 Å². The molecule has 0 saturated heterocycles. The van der Waals surface area contributed by atoms with E-state index in [1.54, 1.807) is 31.2 Å². The second-order valence-corrected chi connectivity index (χ2v) is 4.29. The van der Waals surface area contributed by atoms with Crippen molar-refractivity contribution in [3.05, 3.63) is 58.9 Å². The molecule has 0 amide bonds. The number of ether oxygens (including phenoxy) is 1. The first kappa shape index (κ1) is 13.1. The predicted octanol–water partition coefficient (Wildman–Crippen LogP) is 3.93. The number of carboxylic acid groups (broad SMARTS) is 1. The van der Waals surface area contributed by atoms with Crippen molar-refractivity contribution in [3.8, 4) is 11.5 Å². The molecule has 0 aliphatic rings. The summed E-state index contributed by atoms with van der Waals surface area (Å²) in [6, 6.07) is 9.44. The van der Waals surface area contributed by atoms with Crippen LogP contribution in [0.25, 0.3) is 0 Å². The fourth-order valence-electron chi connectivity index (χ4n) is 1.71. The standard InChI is InChI=1S/C15H13FO3/c1-9-6-7-11(15(17)18)13(8-9)19-12-5-3-4-10(2)14(12)16/h3-8H,1-2H3,(H,17,18). The largest absolute Gasteiger partial charge is 0.478 e. The normalized spacial score (nSPS) is 10.3. The fraction of sp³-hybridized carbons (Fsp3) is 0.133. The van der Waals surface area contributed by atoms with Crippen molar-refractivity contribution in [2.45, 2.75) is 13.8 Å². The molecule has 0 heterocycles. The lowest BCUT2D eigenvalue weighted by Crippen LogP contribution is -2.01. The minimum atomic E-state index is -1.11. The summed E-state index contributed by atoms with van der Waals surface area (Å²) < 4.78 is 19.3. The summed E-state index contributed by atoms with van der Waals surface area (Å²) in [4.78, 5) is 11.1. The lowest BCUT2D eigenvalue weighted by Gasteiger charge is -2.11. The Hall–Kier alpha value is -2.36. The fourth-order valence-corrected chi connectivity index (χ4v) is 1.71. The Balaban J connectivity index is 2.45. The van der Waals surface area contributed by atoms with Gasteiger partial charge in [-0.05, 0) is 43.2 Å². The van der Waals surface area contributed by atoms with Gasteiger partial charge in [0.2, 0.25) is 0 Å². The van der Waals surface area contributed by atoms with Crippen molar-refractivity contribution in [1.29, 1.82) is 0 Å². The number of rotatable bonds is 3. The first-order chi connectivity index (χ1) is 8.99. The Morgan fingerprint density at radius 2 is 1.89 bits per heavy atom. The van der Waals surface area contributed by atoms with Gasteiger partial charge in [-0.3, -0.25) is 0 Å². The molecule has 0 saturated carbocycles. The van der Waals surface area contributed by atoms with Gasteiger partial charge in [0.25, 0.3) is 0 Å². The van der Waals surface area contributed by atoms with Crippen LogP contribution >= 0.6 is 0 Å². The van der Waals surface area contributed by atoms with Crippen LogP contribution in [0.1, 0.15) is 21.5 Å². The lowest BCUT2D eigenvalue weighted by molar-refractivity contribution is 0.0694. The molecular weight excluding hydrogens is 247 g/mol. The first-order valence-electron chi connectivity index (χ1n) is 5.76. The Bertz CT molecular complexity index is 635. The molecule has 0 spiro atoms. The lowest BCUT2D eigenvalue weighted by atomic mass is 10.1. The van der Waals surface area contributed by atoms with E-state index in [2.05, 4.69) is 0 Å². The first-order valence-corrected chi connectivity index (χ1v) is 5.76. The highest BCUT2D eigenvalue weighted by Crippen LogP contribution is 2.29. The Morgan fingerprint density at radius 1 is 1.16 bits per heavy atom. The Labute approximate surface area is 110 Å². The van der Waals surface area contributed by atoms with E-state index in [0.29, 0.717) is 5.56 Å². The summed E-state index contributed by atoms with van der Waals surface area (Å²) in [5, 5.41) is 9.08. The van der Waals surface area contributed by atoms with Crippen LogP contribution in [0.5, 0.6) is 11.5 Å². The number of halogens is 1. The third kappa shape index (κ3) is 2.73. The monoisotopic (exact) mass is 260 g/mol. The Kier molecular flexibility index (Phi) is 3.51. The summed E-state index contributed by atoms with van der Waals surface area (Å²) >= 11 is 0. The van der Waals surface area contributed by atoms with E-state index in [4.69, 9.17) is 9.84 Å². The van der Waals surface area contributed by atoms with Crippen molar-refractivity contribution < 1.29 is 19.0 Å². The molecule has 0 atom stereocenters. The van der Waals surface area contributed by atoms with E-state index in [1.807, 2.05) is 6.92 Å². The molecule has 1 N–H and O–H groups in total.